The van der Waals surface area contributed by atoms with Crippen LogP contribution in [0.5, 0.6) is 23.3 Å². The number of nitrogens with two attached hydrogens (primary N) is 1. The Morgan fingerprint density at radius 3 is 2.50 bits per heavy atom. The number of unbranched alkanes of at least 4 members (excludes halogenated alkanes) is 1. The van der Waals surface area contributed by atoms with Crippen molar-refractivity contribution >= 4 is 44.8 Å². The van der Waals surface area contributed by atoms with E-state index in [0.717, 1.165) is 12.1 Å². The van der Waals surface area contributed by atoms with Crippen molar-refractivity contribution in [2.45, 2.75) is 76.7 Å². The number of halogens is 3. The number of ether oxygens (including phenoxy) is 2. The molecule has 1 fully saturated rings. The molecule has 0 aliphatic carbocycles. The molecule has 0 spiro atoms. The highest BCUT2D eigenvalue weighted by molar-refractivity contribution is 5.98. The molecule has 2 aromatic heterocycles. The molecular weight excluding hydrogens is 711 g/mol. The minimum atomic E-state index is -4.56. The third kappa shape index (κ3) is 8.17. The molecule has 54 heavy (non-hydrogen) atoms. The number of rotatable bonds is 12. The SMILES string of the molecule is COc1cc2nc(C)nc(N[C@H](C)c3cc(N)cc(C(F)(F)F)c3)c2cc1OCCCCC(=O)Nc1ccc2c(O)n(C3CCC(O)NC3O)c(O)c2c1. The Bertz CT molecular complexity index is 2180. The number of methoxy groups -OCH3 is 1. The van der Waals surface area contributed by atoms with Crippen molar-refractivity contribution in [1.82, 2.24) is 19.9 Å². The van der Waals surface area contributed by atoms with Gasteiger partial charge >= 0.3 is 6.18 Å². The summed E-state index contributed by atoms with van der Waals surface area (Å²) >= 11 is 0. The average molecular weight is 754 g/mol. The van der Waals surface area contributed by atoms with Gasteiger partial charge in [-0.15, -0.1) is 0 Å². The number of aliphatic hydroxyl groups excluding tert-OH is 2. The molecule has 1 saturated heterocycles. The van der Waals surface area contributed by atoms with E-state index in [4.69, 9.17) is 15.2 Å². The van der Waals surface area contributed by atoms with Gasteiger partial charge in [0.05, 0.1) is 36.9 Å². The first-order valence-electron chi connectivity index (χ1n) is 17.3. The first kappa shape index (κ1) is 38.2. The van der Waals surface area contributed by atoms with Crippen molar-refractivity contribution in [1.29, 1.82) is 0 Å². The predicted octanol–water partition coefficient (Wildman–Crippen LogP) is 5.84. The van der Waals surface area contributed by atoms with Gasteiger partial charge in [-0.3, -0.25) is 14.7 Å². The fourth-order valence-electron chi connectivity index (χ4n) is 6.63. The number of piperidine rings is 1. The summed E-state index contributed by atoms with van der Waals surface area (Å²) in [6.45, 7) is 3.63. The van der Waals surface area contributed by atoms with Crippen LogP contribution in [-0.2, 0) is 11.0 Å². The number of benzene rings is 3. The van der Waals surface area contributed by atoms with Crippen LogP contribution < -0.4 is 31.2 Å². The second-order valence-electron chi connectivity index (χ2n) is 13.3. The number of amides is 1. The van der Waals surface area contributed by atoms with Crippen LogP contribution >= 0.6 is 0 Å². The number of aryl methyl sites for hydroxylation is 1. The van der Waals surface area contributed by atoms with Crippen LogP contribution in [0.3, 0.4) is 0 Å². The Hall–Kier alpha value is -5.52. The monoisotopic (exact) mass is 753 g/mol. The topological polar surface area (TPSA) is 209 Å². The second kappa shape index (κ2) is 15.5. The van der Waals surface area contributed by atoms with Crippen molar-refractivity contribution in [3.63, 3.8) is 0 Å². The van der Waals surface area contributed by atoms with Crippen LogP contribution in [0, 0.1) is 6.92 Å². The van der Waals surface area contributed by atoms with Crippen LogP contribution in [0.25, 0.3) is 21.7 Å². The average Bonchev–Trinajstić information content (AvgIpc) is 3.35. The lowest BCUT2D eigenvalue weighted by Gasteiger charge is -2.33. The van der Waals surface area contributed by atoms with E-state index in [1.165, 1.54) is 23.8 Å². The van der Waals surface area contributed by atoms with Crippen molar-refractivity contribution in [3.8, 4) is 23.3 Å². The minimum Gasteiger partial charge on any atom is -0.494 e. The minimum absolute atomic E-state index is 0.0120. The van der Waals surface area contributed by atoms with E-state index in [-0.39, 0.29) is 41.8 Å². The molecule has 17 heteroatoms. The predicted molar refractivity (Wildman–Crippen MR) is 195 cm³/mol. The molecule has 4 atom stereocenters. The molecule has 1 amide bonds. The highest BCUT2D eigenvalue weighted by Crippen LogP contribution is 2.43. The Balaban J connectivity index is 1.08. The number of alkyl halides is 3. The van der Waals surface area contributed by atoms with Crippen LogP contribution in [0.1, 0.15) is 68.1 Å². The Morgan fingerprint density at radius 1 is 1.02 bits per heavy atom. The number of aliphatic hydroxyl groups is 2. The fourth-order valence-corrected chi connectivity index (χ4v) is 6.63. The third-order valence-electron chi connectivity index (χ3n) is 9.34. The maximum atomic E-state index is 13.5. The number of hydrogen-bond acceptors (Lipinski definition) is 12. The van der Waals surface area contributed by atoms with Gasteiger partial charge in [0.15, 0.2) is 11.5 Å². The van der Waals surface area contributed by atoms with Gasteiger partial charge < -0.3 is 46.3 Å². The van der Waals surface area contributed by atoms with Gasteiger partial charge in [0.2, 0.25) is 17.7 Å². The number of nitrogens with one attached hydrogen (secondary N) is 3. The van der Waals surface area contributed by atoms with Gasteiger partial charge in [-0.1, -0.05) is 0 Å². The molecule has 3 heterocycles. The summed E-state index contributed by atoms with van der Waals surface area (Å²) < 4.78 is 53.2. The van der Waals surface area contributed by atoms with E-state index in [0.29, 0.717) is 76.4 Å². The molecule has 5 aromatic rings. The van der Waals surface area contributed by atoms with Crippen LogP contribution in [0.15, 0.2) is 48.5 Å². The smallest absolute Gasteiger partial charge is 0.416 e. The summed E-state index contributed by atoms with van der Waals surface area (Å²) in [5.74, 6) is 0.818. The molecule has 0 saturated carbocycles. The number of carbonyl (C=O) groups excluding carboxylic acids is 1. The molecule has 9 N–H and O–H groups in total. The number of aromatic nitrogens is 3. The van der Waals surface area contributed by atoms with E-state index in [9.17, 15) is 38.4 Å². The summed E-state index contributed by atoms with van der Waals surface area (Å²) in [6.07, 6.45) is -4.88. The summed E-state index contributed by atoms with van der Waals surface area (Å²) in [6, 6.07) is 10.2. The number of fused-ring (bicyclic) bond motifs is 2. The quantitative estimate of drug-likeness (QED) is 0.0559. The highest BCUT2D eigenvalue weighted by atomic mass is 19.4. The first-order valence-corrected chi connectivity index (χ1v) is 17.3. The van der Waals surface area contributed by atoms with Gasteiger partial charge in [-0.25, -0.2) is 9.97 Å². The molecular formula is C37H42F3N7O7. The second-order valence-corrected chi connectivity index (χ2v) is 13.3. The number of carbonyl (C=O) groups is 1. The normalized spacial score (nSPS) is 18.1. The van der Waals surface area contributed by atoms with Gasteiger partial charge in [0.25, 0.3) is 0 Å². The van der Waals surface area contributed by atoms with E-state index < -0.39 is 36.3 Å². The molecule has 0 radical (unpaired) electrons. The molecule has 0 bridgehead atoms. The van der Waals surface area contributed by atoms with Gasteiger partial charge in [0, 0.05) is 40.0 Å². The van der Waals surface area contributed by atoms with Gasteiger partial charge in [0.1, 0.15) is 24.1 Å². The largest absolute Gasteiger partial charge is 0.494 e. The molecule has 3 aromatic carbocycles. The van der Waals surface area contributed by atoms with Crippen LogP contribution in [-0.4, -0.2) is 67.0 Å². The van der Waals surface area contributed by atoms with Crippen molar-refractivity contribution in [3.05, 3.63) is 65.5 Å². The van der Waals surface area contributed by atoms with Gasteiger partial charge in [-0.05, 0) is 87.6 Å². The fraction of sp³-hybridized carbons (Fsp3) is 0.378. The van der Waals surface area contributed by atoms with E-state index in [1.54, 1.807) is 38.1 Å². The molecule has 1 aliphatic rings. The molecule has 14 nitrogen and oxygen atoms in total. The Morgan fingerprint density at radius 2 is 1.78 bits per heavy atom. The summed E-state index contributed by atoms with van der Waals surface area (Å²) in [7, 11) is 1.49. The Kier molecular flexibility index (Phi) is 10.9. The number of nitrogens with zero attached hydrogens (tertiary/aromatic N) is 3. The zero-order chi connectivity index (χ0) is 38.9. The van der Waals surface area contributed by atoms with Crippen molar-refractivity contribution in [2.24, 2.45) is 0 Å². The number of aromatic hydroxyl groups is 2. The van der Waals surface area contributed by atoms with E-state index in [1.807, 2.05) is 0 Å². The highest BCUT2D eigenvalue weighted by Gasteiger charge is 2.34. The molecule has 1 aliphatic heterocycles. The zero-order valence-corrected chi connectivity index (χ0v) is 29.7. The first-order chi connectivity index (χ1) is 25.6. The Labute approximate surface area is 307 Å². The molecule has 288 valence electrons. The summed E-state index contributed by atoms with van der Waals surface area (Å²) in [5, 5.41) is 51.6. The summed E-state index contributed by atoms with van der Waals surface area (Å²) in [5.41, 5.74) is 6.20. The zero-order valence-electron chi connectivity index (χ0n) is 29.7. The number of nitrogen functional groups attached to an aromatic ring is 1. The number of anilines is 3. The maximum Gasteiger partial charge on any atom is 0.416 e. The maximum absolute atomic E-state index is 13.5. The van der Waals surface area contributed by atoms with Crippen LogP contribution in [0.4, 0.5) is 30.4 Å². The molecule has 6 rings (SSSR count). The van der Waals surface area contributed by atoms with E-state index in [2.05, 4.69) is 25.9 Å². The van der Waals surface area contributed by atoms with Crippen molar-refractivity contribution < 1.29 is 47.9 Å². The molecule has 3 unspecified atom stereocenters. The number of hydrogen-bond donors (Lipinski definition) is 8. The standard InChI is InChI=1S/C37H42F3N7O7/c1-18(20-12-21(37(38,39)40)14-22(41)13-20)42-33-26-16-30(29(53-3)17-27(26)43-19(2)44-33)54-11-5-4-6-31(48)45-23-7-8-24-25(15-23)36(52)47(35(24)51)28-9-10-32(49)46-34(28)50/h7-8,12-18,28,32,34,46,49-52H,4-6,9-11,41H2,1-3H3,(H,45,48)(H,42,43,44)/t18-,28?,32?,34?/m1/s1. The van der Waals surface area contributed by atoms with Crippen LogP contribution in [0.2, 0.25) is 0 Å². The lowest BCUT2D eigenvalue weighted by atomic mass is 10.0. The third-order valence-corrected chi connectivity index (χ3v) is 9.34. The lowest BCUT2D eigenvalue weighted by molar-refractivity contribution is -0.137. The lowest BCUT2D eigenvalue weighted by Crippen LogP contribution is -2.47. The summed E-state index contributed by atoms with van der Waals surface area (Å²) in [4.78, 5) is 21.8. The van der Waals surface area contributed by atoms with Gasteiger partial charge in [-0.2, -0.15) is 13.2 Å². The van der Waals surface area contributed by atoms with E-state index >= 15 is 0 Å². The van der Waals surface area contributed by atoms with Crippen molar-refractivity contribution in [2.75, 3.05) is 30.1 Å².